The topological polar surface area (TPSA) is 82.9 Å². The lowest BCUT2D eigenvalue weighted by molar-refractivity contribution is -0.122. The summed E-state index contributed by atoms with van der Waals surface area (Å²) < 4.78 is 0. The zero-order valence-corrected chi connectivity index (χ0v) is 20.0. The first-order valence-corrected chi connectivity index (χ1v) is 11.7. The molecule has 2 N–H and O–H groups in total. The number of amides is 2. The van der Waals surface area contributed by atoms with Crippen molar-refractivity contribution < 1.29 is 9.59 Å². The molecule has 0 radical (unpaired) electrons. The highest BCUT2D eigenvalue weighted by molar-refractivity contribution is 5.97. The van der Waals surface area contributed by atoms with Gasteiger partial charge in [-0.25, -0.2) is 10.9 Å². The molecule has 2 aromatic rings. The van der Waals surface area contributed by atoms with Crippen molar-refractivity contribution in [1.29, 1.82) is 0 Å². The van der Waals surface area contributed by atoms with Gasteiger partial charge in [-0.15, -0.1) is 0 Å². The Kier molecular flexibility index (Phi) is 12.4. The number of nitrogens with one attached hydrogen (secondary N) is 2. The Morgan fingerprint density at radius 2 is 1.03 bits per heavy atom. The Balaban J connectivity index is 1.53. The van der Waals surface area contributed by atoms with Crippen LogP contribution in [0.25, 0.3) is 12.2 Å². The van der Waals surface area contributed by atoms with Gasteiger partial charge in [-0.2, -0.15) is 10.2 Å². The molecule has 0 bridgehead atoms. The summed E-state index contributed by atoms with van der Waals surface area (Å²) in [5, 5.41) is 8.21. The van der Waals surface area contributed by atoms with E-state index in [1.807, 2.05) is 98.8 Å². The number of hydrogen-bond acceptors (Lipinski definition) is 4. The highest BCUT2D eigenvalue weighted by Crippen LogP contribution is 2.06. The van der Waals surface area contributed by atoms with Gasteiger partial charge in [0.25, 0.3) is 0 Å². The van der Waals surface area contributed by atoms with E-state index in [9.17, 15) is 9.59 Å². The van der Waals surface area contributed by atoms with E-state index in [1.165, 1.54) is 0 Å². The predicted molar refractivity (Wildman–Crippen MR) is 141 cm³/mol. The molecule has 0 saturated heterocycles. The molecule has 0 spiro atoms. The van der Waals surface area contributed by atoms with Crippen LogP contribution in [0.3, 0.4) is 0 Å². The maximum absolute atomic E-state index is 11.9. The quantitative estimate of drug-likeness (QED) is 0.228. The standard InChI is InChI=1S/C28H34N4O2/c1-23(19-21-25-13-7-5-8-14-25)29-31-27(33)17-11-3-4-12-18-28(34)32-30-24(2)20-22-26-15-9-6-10-16-26/h5-10,13-16,19-22H,3-4,11-12,17-18H2,1-2H3,(H,31,33)(H,32,34)/b21-19+,22-20+,29-23+,30-24+. The van der Waals surface area contributed by atoms with Gasteiger partial charge in [-0.1, -0.05) is 85.7 Å². The molecule has 2 amide bonds. The van der Waals surface area contributed by atoms with Gasteiger partial charge in [0.05, 0.1) is 11.4 Å². The number of hydrazone groups is 2. The average molecular weight is 459 g/mol. The summed E-state index contributed by atoms with van der Waals surface area (Å²) >= 11 is 0. The van der Waals surface area contributed by atoms with Crippen LogP contribution < -0.4 is 10.9 Å². The van der Waals surface area contributed by atoms with Crippen molar-refractivity contribution in [3.63, 3.8) is 0 Å². The lowest BCUT2D eigenvalue weighted by Crippen LogP contribution is -2.18. The number of allylic oxidation sites excluding steroid dienone is 2. The Bertz CT molecular complexity index is 926. The molecule has 6 nitrogen and oxygen atoms in total. The van der Waals surface area contributed by atoms with Crippen LogP contribution in [0.5, 0.6) is 0 Å². The predicted octanol–water partition coefficient (Wildman–Crippen LogP) is 5.74. The second kappa shape index (κ2) is 15.9. The minimum absolute atomic E-state index is 0.0985. The van der Waals surface area contributed by atoms with E-state index in [4.69, 9.17) is 0 Å². The molecule has 178 valence electrons. The van der Waals surface area contributed by atoms with E-state index in [1.54, 1.807) is 0 Å². The van der Waals surface area contributed by atoms with Crippen LogP contribution in [0.4, 0.5) is 0 Å². The molecular weight excluding hydrogens is 424 g/mol. The average Bonchev–Trinajstić information content (AvgIpc) is 2.87. The number of carbonyl (C=O) groups is 2. The van der Waals surface area contributed by atoms with E-state index in [2.05, 4.69) is 21.1 Å². The van der Waals surface area contributed by atoms with Crippen LogP contribution in [0.15, 0.2) is 83.0 Å². The Hall–Kier alpha value is -3.80. The molecule has 0 heterocycles. The van der Waals surface area contributed by atoms with E-state index in [-0.39, 0.29) is 11.8 Å². The molecule has 2 rings (SSSR count). The summed E-state index contributed by atoms with van der Waals surface area (Å²) in [6.45, 7) is 3.69. The molecule has 0 saturated carbocycles. The summed E-state index contributed by atoms with van der Waals surface area (Å²) in [4.78, 5) is 23.9. The van der Waals surface area contributed by atoms with E-state index in [0.717, 1.165) is 48.2 Å². The van der Waals surface area contributed by atoms with Crippen LogP contribution in [-0.4, -0.2) is 23.2 Å². The van der Waals surface area contributed by atoms with E-state index < -0.39 is 0 Å². The van der Waals surface area contributed by atoms with Crippen molar-refractivity contribution in [2.75, 3.05) is 0 Å². The van der Waals surface area contributed by atoms with Crippen LogP contribution in [0.2, 0.25) is 0 Å². The minimum Gasteiger partial charge on any atom is -0.273 e. The third kappa shape index (κ3) is 12.3. The first-order chi connectivity index (χ1) is 16.5. The van der Waals surface area contributed by atoms with E-state index >= 15 is 0 Å². The molecule has 2 aromatic carbocycles. The van der Waals surface area contributed by atoms with Gasteiger partial charge in [0.15, 0.2) is 0 Å². The zero-order valence-electron chi connectivity index (χ0n) is 20.0. The second-order valence-electron chi connectivity index (χ2n) is 7.98. The van der Waals surface area contributed by atoms with Crippen molar-refractivity contribution in [3.05, 3.63) is 83.9 Å². The summed E-state index contributed by atoms with van der Waals surface area (Å²) in [5.74, 6) is -0.197. The third-order valence-electron chi connectivity index (χ3n) is 4.90. The Labute approximate surface area is 202 Å². The summed E-state index contributed by atoms with van der Waals surface area (Å²) in [6.07, 6.45) is 11.8. The fourth-order valence-electron chi connectivity index (χ4n) is 2.97. The number of rotatable bonds is 13. The number of benzene rings is 2. The fourth-order valence-corrected chi connectivity index (χ4v) is 2.97. The summed E-state index contributed by atoms with van der Waals surface area (Å²) in [7, 11) is 0. The lowest BCUT2D eigenvalue weighted by Gasteiger charge is -2.02. The summed E-state index contributed by atoms with van der Waals surface area (Å²) in [6, 6.07) is 19.8. The highest BCUT2D eigenvalue weighted by Gasteiger charge is 2.02. The normalized spacial score (nSPS) is 12.3. The number of nitrogens with zero attached hydrogens (tertiary/aromatic N) is 2. The molecule has 0 unspecified atom stereocenters. The van der Waals surface area contributed by atoms with Crippen molar-refractivity contribution in [2.45, 2.75) is 52.4 Å². The van der Waals surface area contributed by atoms with E-state index in [0.29, 0.717) is 12.8 Å². The first-order valence-electron chi connectivity index (χ1n) is 11.7. The second-order valence-corrected chi connectivity index (χ2v) is 7.98. The molecule has 0 atom stereocenters. The SMILES string of the molecule is CC(/C=C/c1ccccc1)=N\NC(=O)CCCCCCC(=O)N/N=C(C)/C=C/c1ccccc1. The molecule has 0 aliphatic carbocycles. The van der Waals surface area contributed by atoms with Gasteiger partial charge in [0.2, 0.25) is 11.8 Å². The van der Waals surface area contributed by atoms with Gasteiger partial charge in [0.1, 0.15) is 0 Å². The smallest absolute Gasteiger partial charge is 0.240 e. The van der Waals surface area contributed by atoms with Gasteiger partial charge < -0.3 is 0 Å². The van der Waals surface area contributed by atoms with Crippen LogP contribution in [-0.2, 0) is 9.59 Å². The molecule has 6 heteroatoms. The molecule has 0 aliphatic heterocycles. The van der Waals surface area contributed by atoms with Crippen LogP contribution in [0, 0.1) is 0 Å². The van der Waals surface area contributed by atoms with Crippen molar-refractivity contribution in [1.82, 2.24) is 10.9 Å². The van der Waals surface area contributed by atoms with Crippen molar-refractivity contribution in [2.24, 2.45) is 10.2 Å². The van der Waals surface area contributed by atoms with Crippen molar-refractivity contribution in [3.8, 4) is 0 Å². The molecule has 0 aliphatic rings. The van der Waals surface area contributed by atoms with Gasteiger partial charge in [-0.3, -0.25) is 9.59 Å². The third-order valence-corrected chi connectivity index (χ3v) is 4.90. The lowest BCUT2D eigenvalue weighted by atomic mass is 10.1. The maximum atomic E-state index is 11.9. The Morgan fingerprint density at radius 1 is 0.647 bits per heavy atom. The largest absolute Gasteiger partial charge is 0.273 e. The zero-order chi connectivity index (χ0) is 24.4. The van der Waals surface area contributed by atoms with Gasteiger partial charge >= 0.3 is 0 Å². The monoisotopic (exact) mass is 458 g/mol. The van der Waals surface area contributed by atoms with Crippen molar-refractivity contribution >= 4 is 35.4 Å². The minimum atomic E-state index is -0.0985. The van der Waals surface area contributed by atoms with Crippen LogP contribution >= 0.6 is 0 Å². The van der Waals surface area contributed by atoms with Gasteiger partial charge in [0, 0.05) is 12.8 Å². The summed E-state index contributed by atoms with van der Waals surface area (Å²) in [5.41, 5.74) is 8.81. The number of carbonyl (C=O) groups excluding carboxylic acids is 2. The number of unbranched alkanes of at least 4 members (excludes halogenated alkanes) is 3. The Morgan fingerprint density at radius 3 is 1.41 bits per heavy atom. The first kappa shape index (κ1) is 26.5. The molecular formula is C28H34N4O2. The highest BCUT2D eigenvalue weighted by atomic mass is 16.2. The fraction of sp³-hybridized carbons (Fsp3) is 0.286. The van der Waals surface area contributed by atoms with Crippen LogP contribution in [0.1, 0.15) is 63.5 Å². The molecule has 0 aromatic heterocycles. The van der Waals surface area contributed by atoms with Gasteiger partial charge in [-0.05, 0) is 50.0 Å². The molecule has 0 fully saturated rings. The molecule has 34 heavy (non-hydrogen) atoms. The number of hydrogen-bond donors (Lipinski definition) is 2. The maximum Gasteiger partial charge on any atom is 0.240 e.